The van der Waals surface area contributed by atoms with Gasteiger partial charge in [0.15, 0.2) is 0 Å². The first-order valence-corrected chi connectivity index (χ1v) is 6.24. The molecule has 1 saturated heterocycles. The van der Waals surface area contributed by atoms with Crippen LogP contribution in [0.5, 0.6) is 0 Å². The second-order valence-electron chi connectivity index (χ2n) is 2.62. The van der Waals surface area contributed by atoms with E-state index < -0.39 is 0 Å². The van der Waals surface area contributed by atoms with Crippen molar-refractivity contribution in [1.82, 2.24) is 0 Å². The topological polar surface area (TPSA) is 12.4 Å². The van der Waals surface area contributed by atoms with Crippen molar-refractivity contribution in [2.45, 2.75) is 6.54 Å². The summed E-state index contributed by atoms with van der Waals surface area (Å²) in [6.07, 6.45) is 0. The van der Waals surface area contributed by atoms with Crippen LogP contribution in [-0.4, -0.2) is 9.46 Å². The summed E-state index contributed by atoms with van der Waals surface area (Å²) in [5.41, 5.74) is 1.21. The van der Waals surface area contributed by atoms with E-state index >= 15 is 0 Å². The molecular weight excluding hydrogens is 222 g/mol. The zero-order valence-electron chi connectivity index (χ0n) is 6.87. The quantitative estimate of drug-likeness (QED) is 0.768. The highest BCUT2D eigenvalue weighted by Gasteiger charge is 2.10. The third-order valence-electron chi connectivity index (χ3n) is 1.67. The SMILES string of the molecule is Clc1ccc(CN=C2SCS2)cc1. The summed E-state index contributed by atoms with van der Waals surface area (Å²) < 4.78 is 1.20. The predicted molar refractivity (Wildman–Crippen MR) is 62.6 cm³/mol. The molecule has 1 aliphatic rings. The molecule has 2 rings (SSSR count). The van der Waals surface area contributed by atoms with Gasteiger partial charge in [-0.1, -0.05) is 47.3 Å². The second-order valence-corrected chi connectivity index (χ2v) is 5.60. The van der Waals surface area contributed by atoms with Gasteiger partial charge in [-0.25, -0.2) is 0 Å². The fourth-order valence-corrected chi connectivity index (χ4v) is 2.28. The maximum absolute atomic E-state index is 5.77. The first-order valence-electron chi connectivity index (χ1n) is 3.89. The molecule has 0 radical (unpaired) electrons. The van der Waals surface area contributed by atoms with Gasteiger partial charge in [-0.05, 0) is 17.7 Å². The molecule has 1 aromatic carbocycles. The Hall–Kier alpha value is -0.120. The van der Waals surface area contributed by atoms with Crippen molar-refractivity contribution in [2.24, 2.45) is 4.99 Å². The van der Waals surface area contributed by atoms with Crippen molar-refractivity contribution < 1.29 is 0 Å². The molecule has 0 bridgehead atoms. The van der Waals surface area contributed by atoms with Gasteiger partial charge in [0.25, 0.3) is 0 Å². The molecule has 1 nitrogen and oxygen atoms in total. The molecule has 0 aliphatic carbocycles. The summed E-state index contributed by atoms with van der Waals surface area (Å²) in [5.74, 6) is 0. The van der Waals surface area contributed by atoms with Crippen molar-refractivity contribution >= 4 is 39.5 Å². The van der Waals surface area contributed by atoms with E-state index in [4.69, 9.17) is 11.6 Å². The van der Waals surface area contributed by atoms with Crippen LogP contribution < -0.4 is 0 Å². The Balaban J connectivity index is 1.97. The van der Waals surface area contributed by atoms with E-state index in [2.05, 4.69) is 4.99 Å². The first-order chi connectivity index (χ1) is 6.34. The highest BCUT2D eigenvalue weighted by Crippen LogP contribution is 2.32. The first kappa shape index (κ1) is 9.44. The molecule has 0 saturated carbocycles. The molecule has 1 aliphatic heterocycles. The lowest BCUT2D eigenvalue weighted by Crippen LogP contribution is -1.98. The molecule has 0 N–H and O–H groups in total. The van der Waals surface area contributed by atoms with E-state index in [9.17, 15) is 0 Å². The van der Waals surface area contributed by atoms with Crippen molar-refractivity contribution in [3.05, 3.63) is 34.9 Å². The van der Waals surface area contributed by atoms with Gasteiger partial charge in [-0.3, -0.25) is 4.99 Å². The number of rotatable bonds is 2. The molecule has 1 aromatic rings. The highest BCUT2D eigenvalue weighted by molar-refractivity contribution is 8.52. The molecular formula is C9H8ClNS2. The number of aliphatic imine (C=N–C) groups is 1. The van der Waals surface area contributed by atoms with E-state index in [1.54, 1.807) is 0 Å². The largest absolute Gasteiger partial charge is 0.267 e. The number of hydrogen-bond acceptors (Lipinski definition) is 3. The van der Waals surface area contributed by atoms with Crippen molar-refractivity contribution in [2.75, 3.05) is 5.08 Å². The van der Waals surface area contributed by atoms with Gasteiger partial charge in [0.1, 0.15) is 4.38 Å². The zero-order chi connectivity index (χ0) is 9.10. The van der Waals surface area contributed by atoms with E-state index in [0.29, 0.717) is 0 Å². The monoisotopic (exact) mass is 229 g/mol. The number of hydrogen-bond donors (Lipinski definition) is 0. The standard InChI is InChI=1S/C9H8ClNS2/c10-8-3-1-7(2-4-8)5-11-9-12-6-13-9/h1-4H,5-6H2. The van der Waals surface area contributed by atoms with E-state index in [-0.39, 0.29) is 0 Å². The average molecular weight is 230 g/mol. The van der Waals surface area contributed by atoms with Gasteiger partial charge < -0.3 is 0 Å². The van der Waals surface area contributed by atoms with Crippen LogP contribution in [0.25, 0.3) is 0 Å². The Bertz CT molecular complexity index is 315. The maximum Gasteiger partial charge on any atom is 0.126 e. The van der Waals surface area contributed by atoms with Crippen LogP contribution >= 0.6 is 35.1 Å². The van der Waals surface area contributed by atoms with Crippen LogP contribution in [0.4, 0.5) is 0 Å². The molecule has 68 valence electrons. The minimum atomic E-state index is 0.770. The fraction of sp³-hybridized carbons (Fsp3) is 0.222. The molecule has 0 unspecified atom stereocenters. The number of nitrogens with zero attached hydrogens (tertiary/aromatic N) is 1. The molecule has 0 atom stereocenters. The predicted octanol–water partition coefficient (Wildman–Crippen LogP) is 3.63. The highest BCUT2D eigenvalue weighted by atomic mass is 35.5. The molecule has 4 heteroatoms. The van der Waals surface area contributed by atoms with Crippen LogP contribution in [-0.2, 0) is 6.54 Å². The number of thioether (sulfide) groups is 2. The van der Waals surface area contributed by atoms with Crippen LogP contribution in [0.3, 0.4) is 0 Å². The lowest BCUT2D eigenvalue weighted by molar-refractivity contribution is 1.08. The van der Waals surface area contributed by atoms with Crippen LogP contribution in [0.1, 0.15) is 5.56 Å². The molecule has 0 amide bonds. The van der Waals surface area contributed by atoms with E-state index in [1.807, 2.05) is 47.8 Å². The Morgan fingerprint density at radius 2 is 1.92 bits per heavy atom. The van der Waals surface area contributed by atoms with Crippen molar-refractivity contribution in [1.29, 1.82) is 0 Å². The van der Waals surface area contributed by atoms with Gasteiger partial charge in [-0.2, -0.15) is 0 Å². The van der Waals surface area contributed by atoms with Gasteiger partial charge in [0.05, 0.1) is 11.6 Å². The number of benzene rings is 1. The lowest BCUT2D eigenvalue weighted by Gasteiger charge is -2.12. The van der Waals surface area contributed by atoms with Gasteiger partial charge >= 0.3 is 0 Å². The Morgan fingerprint density at radius 3 is 2.46 bits per heavy atom. The maximum atomic E-state index is 5.77. The normalized spacial score (nSPS) is 15.3. The Kier molecular flexibility index (Phi) is 3.19. The summed E-state index contributed by atoms with van der Waals surface area (Å²) in [7, 11) is 0. The third kappa shape index (κ3) is 2.66. The smallest absolute Gasteiger partial charge is 0.126 e. The summed E-state index contributed by atoms with van der Waals surface area (Å²) >= 11 is 9.40. The zero-order valence-corrected chi connectivity index (χ0v) is 9.25. The van der Waals surface area contributed by atoms with E-state index in [1.165, 1.54) is 9.94 Å². The molecule has 0 aromatic heterocycles. The summed E-state index contributed by atoms with van der Waals surface area (Å²) in [6, 6.07) is 7.83. The second kappa shape index (κ2) is 4.40. The van der Waals surface area contributed by atoms with Gasteiger partial charge in [0.2, 0.25) is 0 Å². The number of halogens is 1. The lowest BCUT2D eigenvalue weighted by atomic mass is 10.2. The van der Waals surface area contributed by atoms with Crippen LogP contribution in [0.2, 0.25) is 5.02 Å². The summed E-state index contributed by atoms with van der Waals surface area (Å²) in [4.78, 5) is 4.43. The summed E-state index contributed by atoms with van der Waals surface area (Å²) in [5, 5.41) is 1.93. The van der Waals surface area contributed by atoms with Gasteiger partial charge in [0, 0.05) is 5.02 Å². The molecule has 1 fully saturated rings. The third-order valence-corrected chi connectivity index (χ3v) is 4.32. The Labute approximate surface area is 91.0 Å². The van der Waals surface area contributed by atoms with Crippen molar-refractivity contribution in [3.8, 4) is 0 Å². The molecule has 0 spiro atoms. The van der Waals surface area contributed by atoms with Crippen molar-refractivity contribution in [3.63, 3.8) is 0 Å². The van der Waals surface area contributed by atoms with E-state index in [0.717, 1.165) is 16.7 Å². The fourth-order valence-electron chi connectivity index (χ4n) is 0.949. The molecule has 13 heavy (non-hydrogen) atoms. The Morgan fingerprint density at radius 1 is 1.23 bits per heavy atom. The van der Waals surface area contributed by atoms with Crippen LogP contribution in [0.15, 0.2) is 29.3 Å². The van der Waals surface area contributed by atoms with Gasteiger partial charge in [-0.15, -0.1) is 0 Å². The van der Waals surface area contributed by atoms with Crippen LogP contribution in [0, 0.1) is 0 Å². The summed E-state index contributed by atoms with van der Waals surface area (Å²) in [6.45, 7) is 0.770. The minimum Gasteiger partial charge on any atom is -0.267 e. The average Bonchev–Trinajstić information content (AvgIpc) is 2.05. The molecule has 1 heterocycles. The minimum absolute atomic E-state index is 0.770.